The molecule has 0 spiro atoms. The number of aromatic nitrogens is 1. The third kappa shape index (κ3) is 5.26. The predicted molar refractivity (Wildman–Crippen MR) is 115 cm³/mol. The summed E-state index contributed by atoms with van der Waals surface area (Å²) in [4.78, 5) is 16.0. The first-order chi connectivity index (χ1) is 14.2. The molecule has 9 heteroatoms. The van der Waals surface area contributed by atoms with E-state index in [1.54, 1.807) is 31.5 Å². The number of hydrogen-bond donors (Lipinski definition) is 4. The SMILES string of the molecule is Cc1cc(C)c(NS(=O)(=O)c2ccc(NC(=O)NCc3cccnc3)cc2)c(O)c1. The van der Waals surface area contributed by atoms with Crippen LogP contribution in [0.15, 0.2) is 65.8 Å². The van der Waals surface area contributed by atoms with Gasteiger partial charge in [0.05, 0.1) is 10.6 Å². The molecule has 0 saturated carbocycles. The molecule has 1 heterocycles. The van der Waals surface area contributed by atoms with Crippen LogP contribution in [0.2, 0.25) is 0 Å². The van der Waals surface area contributed by atoms with Crippen molar-refractivity contribution < 1.29 is 18.3 Å². The first-order valence-electron chi connectivity index (χ1n) is 9.11. The normalized spacial score (nSPS) is 11.0. The number of hydrogen-bond acceptors (Lipinski definition) is 5. The number of benzene rings is 2. The predicted octanol–water partition coefficient (Wildman–Crippen LogP) is 3.53. The summed E-state index contributed by atoms with van der Waals surface area (Å²) in [5.74, 6) is -0.139. The number of aryl methyl sites for hydroxylation is 2. The topological polar surface area (TPSA) is 120 Å². The van der Waals surface area contributed by atoms with Gasteiger partial charge in [0.1, 0.15) is 5.75 Å². The van der Waals surface area contributed by atoms with E-state index in [0.29, 0.717) is 17.8 Å². The molecule has 1 aromatic heterocycles. The zero-order chi connectivity index (χ0) is 21.7. The molecule has 3 rings (SSSR count). The molecule has 2 amide bonds. The average Bonchev–Trinajstić information content (AvgIpc) is 2.70. The van der Waals surface area contributed by atoms with Gasteiger partial charge in [0.25, 0.3) is 10.0 Å². The van der Waals surface area contributed by atoms with Crippen molar-refractivity contribution in [3.8, 4) is 5.75 Å². The zero-order valence-corrected chi connectivity index (χ0v) is 17.3. The molecule has 0 atom stereocenters. The van der Waals surface area contributed by atoms with Crippen molar-refractivity contribution >= 4 is 27.4 Å². The van der Waals surface area contributed by atoms with E-state index < -0.39 is 16.1 Å². The van der Waals surface area contributed by atoms with Gasteiger partial charge in [-0.3, -0.25) is 9.71 Å². The maximum absolute atomic E-state index is 12.7. The van der Waals surface area contributed by atoms with E-state index in [1.165, 1.54) is 30.3 Å². The summed E-state index contributed by atoms with van der Waals surface area (Å²) < 4.78 is 27.7. The summed E-state index contributed by atoms with van der Waals surface area (Å²) in [5.41, 5.74) is 2.87. The molecule has 4 N–H and O–H groups in total. The van der Waals surface area contributed by atoms with E-state index in [-0.39, 0.29) is 16.3 Å². The van der Waals surface area contributed by atoms with E-state index in [4.69, 9.17) is 0 Å². The van der Waals surface area contributed by atoms with Gasteiger partial charge < -0.3 is 15.7 Å². The molecule has 0 aliphatic heterocycles. The van der Waals surface area contributed by atoms with Crippen molar-refractivity contribution in [1.82, 2.24) is 10.3 Å². The molecular weight excluding hydrogens is 404 g/mol. The van der Waals surface area contributed by atoms with Crippen LogP contribution < -0.4 is 15.4 Å². The monoisotopic (exact) mass is 426 g/mol. The number of rotatable bonds is 6. The minimum absolute atomic E-state index is 0.00296. The van der Waals surface area contributed by atoms with E-state index >= 15 is 0 Å². The molecular formula is C21H22N4O4S. The van der Waals surface area contributed by atoms with Crippen LogP contribution in [0.1, 0.15) is 16.7 Å². The molecule has 8 nitrogen and oxygen atoms in total. The summed E-state index contributed by atoms with van der Waals surface area (Å²) in [6.07, 6.45) is 3.30. The molecule has 156 valence electrons. The van der Waals surface area contributed by atoms with Crippen molar-refractivity contribution in [2.45, 2.75) is 25.3 Å². The minimum Gasteiger partial charge on any atom is -0.506 e. The average molecular weight is 426 g/mol. The van der Waals surface area contributed by atoms with E-state index in [1.807, 2.05) is 13.0 Å². The Kier molecular flexibility index (Phi) is 6.22. The number of nitrogens with zero attached hydrogens (tertiary/aromatic N) is 1. The van der Waals surface area contributed by atoms with Gasteiger partial charge in [-0.2, -0.15) is 0 Å². The number of phenols is 1. The minimum atomic E-state index is -3.91. The molecule has 3 aromatic rings. The number of aromatic hydroxyl groups is 1. The zero-order valence-electron chi connectivity index (χ0n) is 16.5. The first-order valence-corrected chi connectivity index (χ1v) is 10.6. The van der Waals surface area contributed by atoms with Gasteiger partial charge in [-0.25, -0.2) is 13.2 Å². The number of pyridine rings is 1. The van der Waals surface area contributed by atoms with Crippen molar-refractivity contribution in [2.75, 3.05) is 10.0 Å². The summed E-state index contributed by atoms with van der Waals surface area (Å²) in [6, 6.07) is 12.2. The van der Waals surface area contributed by atoms with E-state index in [9.17, 15) is 18.3 Å². The third-order valence-electron chi connectivity index (χ3n) is 4.29. The first kappa shape index (κ1) is 21.1. The summed E-state index contributed by atoms with van der Waals surface area (Å²) in [6.45, 7) is 3.83. The number of carbonyl (C=O) groups excluding carboxylic acids is 1. The lowest BCUT2D eigenvalue weighted by Gasteiger charge is -2.13. The Morgan fingerprint density at radius 2 is 1.83 bits per heavy atom. The highest BCUT2D eigenvalue weighted by molar-refractivity contribution is 7.92. The number of urea groups is 1. The van der Waals surface area contributed by atoms with Gasteiger partial charge in [0.2, 0.25) is 0 Å². The molecule has 30 heavy (non-hydrogen) atoms. The standard InChI is InChI=1S/C21H22N4O4S/c1-14-10-15(2)20(19(26)11-14)25-30(28,29)18-7-5-17(6-8-18)24-21(27)23-13-16-4-3-9-22-12-16/h3-12,25-26H,13H2,1-2H3,(H2,23,24,27). The van der Waals surface area contributed by atoms with Gasteiger partial charge in [-0.1, -0.05) is 12.1 Å². The Hall–Kier alpha value is -3.59. The Morgan fingerprint density at radius 1 is 1.10 bits per heavy atom. The summed E-state index contributed by atoms with van der Waals surface area (Å²) in [7, 11) is -3.91. The van der Waals surface area contributed by atoms with Crippen LogP contribution in [0.25, 0.3) is 0 Å². The Labute approximate surface area is 175 Å². The maximum atomic E-state index is 12.7. The van der Waals surface area contributed by atoms with Crippen molar-refractivity contribution in [1.29, 1.82) is 0 Å². The molecule has 0 bridgehead atoms. The Morgan fingerprint density at radius 3 is 2.47 bits per heavy atom. The summed E-state index contributed by atoms with van der Waals surface area (Å²) >= 11 is 0. The molecule has 0 aliphatic rings. The van der Waals surface area contributed by atoms with Crippen LogP contribution in [0, 0.1) is 13.8 Å². The van der Waals surface area contributed by atoms with Gasteiger partial charge >= 0.3 is 6.03 Å². The van der Waals surface area contributed by atoms with Crippen LogP contribution in [0.3, 0.4) is 0 Å². The van der Waals surface area contributed by atoms with Gasteiger partial charge in [-0.15, -0.1) is 0 Å². The smallest absolute Gasteiger partial charge is 0.319 e. The highest BCUT2D eigenvalue weighted by Gasteiger charge is 2.18. The highest BCUT2D eigenvalue weighted by Crippen LogP contribution is 2.30. The lowest BCUT2D eigenvalue weighted by Crippen LogP contribution is -2.28. The number of sulfonamides is 1. The van der Waals surface area contributed by atoms with Gasteiger partial charge in [-0.05, 0) is 66.9 Å². The largest absolute Gasteiger partial charge is 0.506 e. The van der Waals surface area contributed by atoms with Crippen molar-refractivity contribution in [3.05, 3.63) is 77.6 Å². The molecule has 0 aliphatic carbocycles. The quantitative estimate of drug-likeness (QED) is 0.450. The molecule has 2 aromatic carbocycles. The maximum Gasteiger partial charge on any atom is 0.319 e. The number of carbonyl (C=O) groups is 1. The van der Waals surface area contributed by atoms with E-state index in [0.717, 1.165) is 11.1 Å². The fourth-order valence-electron chi connectivity index (χ4n) is 2.85. The lowest BCUT2D eigenvalue weighted by atomic mass is 10.1. The Balaban J connectivity index is 1.65. The number of phenolic OH excluding ortho intramolecular Hbond substituents is 1. The molecule has 0 radical (unpaired) electrons. The van der Waals surface area contributed by atoms with Gasteiger partial charge in [0.15, 0.2) is 0 Å². The van der Waals surface area contributed by atoms with E-state index in [2.05, 4.69) is 20.3 Å². The summed E-state index contributed by atoms with van der Waals surface area (Å²) in [5, 5.41) is 15.4. The fraction of sp³-hybridized carbons (Fsp3) is 0.143. The van der Waals surface area contributed by atoms with Crippen LogP contribution in [-0.2, 0) is 16.6 Å². The van der Waals surface area contributed by atoms with Crippen molar-refractivity contribution in [3.63, 3.8) is 0 Å². The van der Waals surface area contributed by atoms with Crippen LogP contribution in [0.4, 0.5) is 16.2 Å². The third-order valence-corrected chi connectivity index (χ3v) is 5.66. The lowest BCUT2D eigenvalue weighted by molar-refractivity contribution is 0.251. The Bertz CT molecular complexity index is 1120. The molecule has 0 unspecified atom stereocenters. The second-order valence-electron chi connectivity index (χ2n) is 6.77. The number of nitrogens with one attached hydrogen (secondary N) is 3. The second kappa shape index (κ2) is 8.83. The van der Waals surface area contributed by atoms with Gasteiger partial charge in [0, 0.05) is 24.6 Å². The number of anilines is 2. The van der Waals surface area contributed by atoms with Crippen LogP contribution in [0.5, 0.6) is 5.75 Å². The van der Waals surface area contributed by atoms with Crippen LogP contribution >= 0.6 is 0 Å². The fourth-order valence-corrected chi connectivity index (χ4v) is 4.00. The van der Waals surface area contributed by atoms with Crippen molar-refractivity contribution in [2.24, 2.45) is 0 Å². The second-order valence-corrected chi connectivity index (χ2v) is 8.46. The molecule has 0 saturated heterocycles. The van der Waals surface area contributed by atoms with Crippen LogP contribution in [-0.4, -0.2) is 24.5 Å². The number of amides is 2. The highest BCUT2D eigenvalue weighted by atomic mass is 32.2. The molecule has 0 fully saturated rings.